The number of hydrogen-bond acceptors (Lipinski definition) is 4. The second-order valence-electron chi connectivity index (χ2n) is 6.13. The first-order valence-electron chi connectivity index (χ1n) is 8.51. The third-order valence-corrected chi connectivity index (χ3v) is 3.98. The summed E-state index contributed by atoms with van der Waals surface area (Å²) in [6.45, 7) is 5.65. The highest BCUT2D eigenvalue weighted by Crippen LogP contribution is 2.32. The van der Waals surface area contributed by atoms with Crippen LogP contribution >= 0.6 is 0 Å². The first-order chi connectivity index (χ1) is 12.1. The number of fused-ring (bicyclic) bond motifs is 1. The predicted octanol–water partition coefficient (Wildman–Crippen LogP) is 3.87. The number of aryl methyl sites for hydroxylation is 2. The molecule has 0 unspecified atom stereocenters. The summed E-state index contributed by atoms with van der Waals surface area (Å²) in [5.74, 6) is 2.22. The maximum atomic E-state index is 12.1. The second-order valence-corrected chi connectivity index (χ2v) is 6.13. The van der Waals surface area contributed by atoms with E-state index in [0.29, 0.717) is 49.8 Å². The van der Waals surface area contributed by atoms with Gasteiger partial charge in [0.2, 0.25) is 5.91 Å². The first kappa shape index (κ1) is 17.1. The van der Waals surface area contributed by atoms with Gasteiger partial charge in [0.25, 0.3) is 0 Å². The van der Waals surface area contributed by atoms with Crippen molar-refractivity contribution in [1.29, 1.82) is 0 Å². The summed E-state index contributed by atoms with van der Waals surface area (Å²) < 4.78 is 16.8. The van der Waals surface area contributed by atoms with Crippen LogP contribution in [0.15, 0.2) is 36.4 Å². The smallest absolute Gasteiger partial charge is 0.224 e. The van der Waals surface area contributed by atoms with Crippen LogP contribution in [0.4, 0.5) is 5.69 Å². The van der Waals surface area contributed by atoms with Crippen LogP contribution in [0.1, 0.15) is 24.0 Å². The van der Waals surface area contributed by atoms with Crippen LogP contribution in [0.2, 0.25) is 0 Å². The van der Waals surface area contributed by atoms with Gasteiger partial charge in [-0.25, -0.2) is 0 Å². The Morgan fingerprint density at radius 3 is 2.72 bits per heavy atom. The molecule has 5 heteroatoms. The monoisotopic (exact) mass is 341 g/mol. The zero-order valence-electron chi connectivity index (χ0n) is 14.6. The van der Waals surface area contributed by atoms with E-state index in [-0.39, 0.29) is 5.91 Å². The normalized spacial score (nSPS) is 12.6. The number of amides is 1. The fourth-order valence-corrected chi connectivity index (χ4v) is 2.62. The Balaban J connectivity index is 1.44. The lowest BCUT2D eigenvalue weighted by Crippen LogP contribution is -2.16. The van der Waals surface area contributed by atoms with Crippen molar-refractivity contribution in [2.75, 3.05) is 25.1 Å². The van der Waals surface area contributed by atoms with E-state index in [1.165, 1.54) is 0 Å². The molecule has 0 spiro atoms. The van der Waals surface area contributed by atoms with E-state index in [2.05, 4.69) is 11.4 Å². The summed E-state index contributed by atoms with van der Waals surface area (Å²) >= 11 is 0. The minimum Gasteiger partial charge on any atom is -0.493 e. The molecule has 2 aromatic rings. The summed E-state index contributed by atoms with van der Waals surface area (Å²) in [6.07, 6.45) is 1.06. The van der Waals surface area contributed by atoms with Gasteiger partial charge < -0.3 is 19.5 Å². The third kappa shape index (κ3) is 4.66. The van der Waals surface area contributed by atoms with Gasteiger partial charge in [-0.3, -0.25) is 4.79 Å². The number of benzene rings is 2. The van der Waals surface area contributed by atoms with Gasteiger partial charge in [-0.15, -0.1) is 0 Å². The van der Waals surface area contributed by atoms with Crippen LogP contribution in [0.25, 0.3) is 0 Å². The van der Waals surface area contributed by atoms with E-state index in [9.17, 15) is 4.79 Å². The van der Waals surface area contributed by atoms with Gasteiger partial charge in [0.1, 0.15) is 19.0 Å². The van der Waals surface area contributed by atoms with Gasteiger partial charge in [-0.2, -0.15) is 0 Å². The number of carbonyl (C=O) groups is 1. The van der Waals surface area contributed by atoms with Crippen LogP contribution in [0.5, 0.6) is 17.2 Å². The van der Waals surface area contributed by atoms with Crippen LogP contribution in [-0.2, 0) is 4.79 Å². The fraction of sp³-hybridized carbons (Fsp3) is 0.350. The minimum atomic E-state index is -0.0405. The molecule has 0 fully saturated rings. The Kier molecular flexibility index (Phi) is 5.43. The van der Waals surface area contributed by atoms with E-state index in [4.69, 9.17) is 14.2 Å². The number of anilines is 1. The Labute approximate surface area is 147 Å². The van der Waals surface area contributed by atoms with Crippen molar-refractivity contribution in [2.45, 2.75) is 26.7 Å². The summed E-state index contributed by atoms with van der Waals surface area (Å²) in [4.78, 5) is 12.1. The Hall–Kier alpha value is -2.69. The van der Waals surface area contributed by atoms with Crippen LogP contribution in [-0.4, -0.2) is 25.7 Å². The van der Waals surface area contributed by atoms with Gasteiger partial charge in [-0.1, -0.05) is 12.1 Å². The summed E-state index contributed by atoms with van der Waals surface area (Å²) in [5.41, 5.74) is 2.98. The SMILES string of the molecule is Cc1ccc(C)c(OCCCC(=O)Nc2ccc3c(c2)OCCO3)c1. The molecule has 25 heavy (non-hydrogen) atoms. The molecule has 0 aliphatic carbocycles. The largest absolute Gasteiger partial charge is 0.493 e. The van der Waals surface area contributed by atoms with Crippen molar-refractivity contribution < 1.29 is 19.0 Å². The van der Waals surface area contributed by atoms with Gasteiger partial charge in [0, 0.05) is 18.2 Å². The number of nitrogens with one attached hydrogen (secondary N) is 1. The molecule has 5 nitrogen and oxygen atoms in total. The molecule has 0 aromatic heterocycles. The van der Waals surface area contributed by atoms with Crippen molar-refractivity contribution in [3.63, 3.8) is 0 Å². The van der Waals surface area contributed by atoms with E-state index in [1.54, 1.807) is 6.07 Å². The van der Waals surface area contributed by atoms with Crippen LogP contribution in [0.3, 0.4) is 0 Å². The van der Waals surface area contributed by atoms with Gasteiger partial charge in [0.15, 0.2) is 11.5 Å². The molecule has 2 aromatic carbocycles. The van der Waals surface area contributed by atoms with E-state index >= 15 is 0 Å². The molecule has 1 amide bonds. The quantitative estimate of drug-likeness (QED) is 0.810. The molecule has 1 N–H and O–H groups in total. The molecule has 0 saturated carbocycles. The fourth-order valence-electron chi connectivity index (χ4n) is 2.62. The summed E-state index contributed by atoms with van der Waals surface area (Å²) in [6, 6.07) is 11.5. The van der Waals surface area contributed by atoms with E-state index < -0.39 is 0 Å². The summed E-state index contributed by atoms with van der Waals surface area (Å²) in [7, 11) is 0. The number of ether oxygens (including phenoxy) is 3. The molecular weight excluding hydrogens is 318 g/mol. The molecule has 1 heterocycles. The Morgan fingerprint density at radius 2 is 1.88 bits per heavy atom. The molecule has 3 rings (SSSR count). The lowest BCUT2D eigenvalue weighted by molar-refractivity contribution is -0.116. The van der Waals surface area contributed by atoms with Crippen LogP contribution in [0, 0.1) is 13.8 Å². The second kappa shape index (κ2) is 7.92. The number of hydrogen-bond donors (Lipinski definition) is 1. The van der Waals surface area contributed by atoms with E-state index in [1.807, 2.05) is 38.1 Å². The highest BCUT2D eigenvalue weighted by Gasteiger charge is 2.12. The van der Waals surface area contributed by atoms with Crippen molar-refractivity contribution in [3.05, 3.63) is 47.5 Å². The molecule has 1 aliphatic heterocycles. The maximum Gasteiger partial charge on any atom is 0.224 e. The van der Waals surface area contributed by atoms with Crippen LogP contribution < -0.4 is 19.5 Å². The van der Waals surface area contributed by atoms with Crippen molar-refractivity contribution in [1.82, 2.24) is 0 Å². The van der Waals surface area contributed by atoms with Gasteiger partial charge in [0.05, 0.1) is 6.61 Å². The standard InChI is InChI=1S/C20H23NO4/c1-14-5-6-15(2)18(12-14)23-9-3-4-20(22)21-16-7-8-17-19(13-16)25-11-10-24-17/h5-8,12-13H,3-4,9-11H2,1-2H3,(H,21,22). The molecule has 0 bridgehead atoms. The van der Waals surface area contributed by atoms with Crippen molar-refractivity contribution >= 4 is 11.6 Å². The maximum absolute atomic E-state index is 12.1. The molecule has 1 aliphatic rings. The highest BCUT2D eigenvalue weighted by molar-refractivity contribution is 5.91. The lowest BCUT2D eigenvalue weighted by Gasteiger charge is -2.19. The van der Waals surface area contributed by atoms with Gasteiger partial charge >= 0.3 is 0 Å². The van der Waals surface area contributed by atoms with Gasteiger partial charge in [-0.05, 0) is 49.6 Å². The molecule has 0 saturated heterocycles. The van der Waals surface area contributed by atoms with Crippen molar-refractivity contribution in [3.8, 4) is 17.2 Å². The minimum absolute atomic E-state index is 0.0405. The zero-order chi connectivity index (χ0) is 17.6. The zero-order valence-corrected chi connectivity index (χ0v) is 14.6. The van der Waals surface area contributed by atoms with Crippen molar-refractivity contribution in [2.24, 2.45) is 0 Å². The Morgan fingerprint density at radius 1 is 1.08 bits per heavy atom. The molecular formula is C20H23NO4. The number of carbonyl (C=O) groups excluding carboxylic acids is 1. The molecule has 0 radical (unpaired) electrons. The average molecular weight is 341 g/mol. The van der Waals surface area contributed by atoms with E-state index in [0.717, 1.165) is 16.9 Å². The highest BCUT2D eigenvalue weighted by atomic mass is 16.6. The third-order valence-electron chi connectivity index (χ3n) is 3.98. The average Bonchev–Trinajstić information content (AvgIpc) is 2.61. The Bertz CT molecular complexity index is 757. The first-order valence-corrected chi connectivity index (χ1v) is 8.51. The number of rotatable bonds is 6. The summed E-state index contributed by atoms with van der Waals surface area (Å²) in [5, 5.41) is 2.88. The lowest BCUT2D eigenvalue weighted by atomic mass is 10.1. The molecule has 132 valence electrons. The predicted molar refractivity (Wildman–Crippen MR) is 96.7 cm³/mol. The molecule has 0 atom stereocenters. The topological polar surface area (TPSA) is 56.8 Å².